The molecule has 31 heavy (non-hydrogen) atoms. The van der Waals surface area contributed by atoms with Crippen molar-refractivity contribution in [1.29, 1.82) is 0 Å². The van der Waals surface area contributed by atoms with E-state index in [-0.39, 0.29) is 11.5 Å². The summed E-state index contributed by atoms with van der Waals surface area (Å²) >= 11 is 0. The first-order valence-electron chi connectivity index (χ1n) is 10.3. The minimum Gasteiger partial charge on any atom is -0.493 e. The predicted octanol–water partition coefficient (Wildman–Crippen LogP) is 0.984. The highest BCUT2D eigenvalue weighted by Crippen LogP contribution is 2.55. The third-order valence-corrected chi connectivity index (χ3v) is 6.17. The number of aliphatic hydroxyl groups is 1. The van der Waals surface area contributed by atoms with Crippen LogP contribution in [0.3, 0.4) is 0 Å². The molecule has 9 nitrogen and oxygen atoms in total. The van der Waals surface area contributed by atoms with E-state index in [2.05, 4.69) is 29.4 Å². The van der Waals surface area contributed by atoms with E-state index in [1.165, 1.54) is 18.2 Å². The van der Waals surface area contributed by atoms with Gasteiger partial charge >= 0.3 is 11.9 Å². The van der Waals surface area contributed by atoms with Crippen molar-refractivity contribution >= 4 is 11.9 Å². The van der Waals surface area contributed by atoms with Gasteiger partial charge in [-0.2, -0.15) is 0 Å². The summed E-state index contributed by atoms with van der Waals surface area (Å²) in [6, 6.07) is 3.17. The molecule has 0 saturated heterocycles. The van der Waals surface area contributed by atoms with Crippen molar-refractivity contribution in [1.82, 2.24) is 10.2 Å². The molecule has 0 radical (unpaired) electrons. The Balaban J connectivity index is 0.000000233. The number of carbonyl (C=O) groups is 2. The van der Waals surface area contributed by atoms with Gasteiger partial charge in [-0.3, -0.25) is 9.59 Å². The molecule has 4 atom stereocenters. The number of ether oxygens (including phenoxy) is 2. The Morgan fingerprint density at radius 2 is 2.13 bits per heavy atom. The molecule has 1 aliphatic carbocycles. The number of methoxy groups -OCH3 is 1. The molecule has 0 aromatic heterocycles. The Labute approximate surface area is 181 Å². The summed E-state index contributed by atoms with van der Waals surface area (Å²) in [6.45, 7) is 1.96. The predicted molar refractivity (Wildman–Crippen MR) is 113 cm³/mol. The number of rotatable bonds is 5. The second-order valence-corrected chi connectivity index (χ2v) is 8.21. The summed E-state index contributed by atoms with van der Waals surface area (Å²) in [7, 11) is 5.25. The van der Waals surface area contributed by atoms with E-state index in [1.807, 2.05) is 12.1 Å². The van der Waals surface area contributed by atoms with Crippen molar-refractivity contribution in [3.05, 3.63) is 35.4 Å². The Morgan fingerprint density at radius 1 is 1.39 bits per heavy atom. The lowest BCUT2D eigenvalue weighted by Crippen LogP contribution is -2.42. The standard InChI is InChI=1S/C17H21NO3.C5H9NO4/c1-18-8-7-17-6-5-12(19)9-14(17)21-16-13(20-2)4-3-11(10-18)15(16)17;1-6-3(5(9)10)2-4(7)8/h3-6,12,14,19H,7-10H2,1-2H3;3,6H,2H2,1H3,(H,7,8)(H,9,10)/t12-,14-,17-;3-/m01/s1. The summed E-state index contributed by atoms with van der Waals surface area (Å²) in [5.74, 6) is -0.587. The van der Waals surface area contributed by atoms with E-state index >= 15 is 0 Å². The van der Waals surface area contributed by atoms with Crippen LogP contribution >= 0.6 is 0 Å². The first-order valence-corrected chi connectivity index (χ1v) is 10.3. The molecule has 4 rings (SSSR count). The van der Waals surface area contributed by atoms with Crippen molar-refractivity contribution in [3.63, 3.8) is 0 Å². The Hall–Kier alpha value is -2.62. The zero-order chi connectivity index (χ0) is 22.8. The number of nitrogens with zero attached hydrogens (tertiary/aromatic N) is 1. The molecule has 0 fully saturated rings. The second-order valence-electron chi connectivity index (χ2n) is 8.21. The number of likely N-dealkylation sites (N-methyl/N-ethyl adjacent to an activating group) is 1. The summed E-state index contributed by atoms with van der Waals surface area (Å²) in [4.78, 5) is 22.5. The van der Waals surface area contributed by atoms with Crippen LogP contribution in [-0.2, 0) is 21.5 Å². The minimum absolute atomic E-state index is 0.00838. The second kappa shape index (κ2) is 9.25. The molecule has 170 valence electrons. The van der Waals surface area contributed by atoms with Crippen LogP contribution < -0.4 is 14.8 Å². The topological polar surface area (TPSA) is 129 Å². The monoisotopic (exact) mass is 434 g/mol. The smallest absolute Gasteiger partial charge is 0.321 e. The third-order valence-electron chi connectivity index (χ3n) is 6.17. The first kappa shape index (κ1) is 23.1. The molecule has 0 amide bonds. The first-order chi connectivity index (χ1) is 14.7. The maximum absolute atomic E-state index is 10.1. The quantitative estimate of drug-likeness (QED) is 0.501. The van der Waals surface area contributed by atoms with Gasteiger partial charge in [0.25, 0.3) is 0 Å². The molecule has 2 aliphatic heterocycles. The van der Waals surface area contributed by atoms with Gasteiger partial charge < -0.3 is 35.0 Å². The van der Waals surface area contributed by atoms with Crippen molar-refractivity contribution in [2.24, 2.45) is 0 Å². The van der Waals surface area contributed by atoms with Gasteiger partial charge in [0.1, 0.15) is 12.1 Å². The van der Waals surface area contributed by atoms with Gasteiger partial charge in [-0.15, -0.1) is 0 Å². The number of hydrogen-bond acceptors (Lipinski definition) is 7. The molecule has 3 aliphatic rings. The van der Waals surface area contributed by atoms with Gasteiger partial charge in [0.15, 0.2) is 11.5 Å². The summed E-state index contributed by atoms with van der Waals surface area (Å²) in [5, 5.41) is 28.8. The number of aliphatic carboxylic acids is 2. The van der Waals surface area contributed by atoms with Gasteiger partial charge in [0, 0.05) is 18.5 Å². The summed E-state index contributed by atoms with van der Waals surface area (Å²) in [5.41, 5.74) is 2.48. The van der Waals surface area contributed by atoms with Crippen molar-refractivity contribution in [2.45, 2.75) is 49.5 Å². The molecule has 1 aromatic carbocycles. The number of nitrogens with one attached hydrogen (secondary N) is 1. The number of benzene rings is 1. The molecule has 0 bridgehead atoms. The Morgan fingerprint density at radius 3 is 2.71 bits per heavy atom. The van der Waals surface area contributed by atoms with Gasteiger partial charge in [-0.25, -0.2) is 0 Å². The van der Waals surface area contributed by atoms with Crippen LogP contribution in [0.25, 0.3) is 0 Å². The largest absolute Gasteiger partial charge is 0.493 e. The summed E-state index contributed by atoms with van der Waals surface area (Å²) < 4.78 is 11.8. The number of aliphatic hydroxyl groups excluding tert-OH is 1. The highest BCUT2D eigenvalue weighted by atomic mass is 16.5. The van der Waals surface area contributed by atoms with E-state index in [0.29, 0.717) is 6.42 Å². The minimum atomic E-state index is -1.15. The Bertz CT molecular complexity index is 872. The highest BCUT2D eigenvalue weighted by molar-refractivity contribution is 5.80. The van der Waals surface area contributed by atoms with E-state index < -0.39 is 30.5 Å². The summed E-state index contributed by atoms with van der Waals surface area (Å²) in [6.07, 6.45) is 4.98. The van der Waals surface area contributed by atoms with Gasteiger partial charge in [-0.1, -0.05) is 18.2 Å². The molecule has 2 heterocycles. The fourth-order valence-electron chi connectivity index (χ4n) is 4.56. The van der Waals surface area contributed by atoms with E-state index in [0.717, 1.165) is 31.0 Å². The molecular weight excluding hydrogens is 404 g/mol. The van der Waals surface area contributed by atoms with Gasteiger partial charge in [-0.05, 0) is 38.7 Å². The van der Waals surface area contributed by atoms with Crippen molar-refractivity contribution < 1.29 is 34.4 Å². The SMILES string of the molecule is CN[C@H](CC(=O)O)C(=O)O.COc1ccc2c3c1O[C@H]1C[C@@H](O)C=C[C@@]31CCN(C)C2. The van der Waals surface area contributed by atoms with Crippen molar-refractivity contribution in [3.8, 4) is 11.5 Å². The average Bonchev–Trinajstić information content (AvgIpc) is 2.97. The van der Waals surface area contributed by atoms with Crippen LogP contribution in [0.1, 0.15) is 30.4 Å². The number of hydrogen-bond donors (Lipinski definition) is 4. The molecule has 4 N–H and O–H groups in total. The normalized spacial score (nSPS) is 27.0. The zero-order valence-corrected chi connectivity index (χ0v) is 18.0. The maximum Gasteiger partial charge on any atom is 0.321 e. The number of carboxylic acid groups (broad SMARTS) is 2. The maximum atomic E-state index is 10.1. The van der Waals surface area contributed by atoms with E-state index in [9.17, 15) is 14.7 Å². The zero-order valence-electron chi connectivity index (χ0n) is 18.0. The lowest BCUT2D eigenvalue weighted by molar-refractivity contribution is -0.145. The van der Waals surface area contributed by atoms with Crippen LogP contribution in [0.4, 0.5) is 0 Å². The van der Waals surface area contributed by atoms with E-state index in [4.69, 9.17) is 19.7 Å². The van der Waals surface area contributed by atoms with Crippen LogP contribution in [0, 0.1) is 0 Å². The van der Waals surface area contributed by atoms with E-state index in [1.54, 1.807) is 7.11 Å². The molecule has 0 unspecified atom stereocenters. The van der Waals surface area contributed by atoms with Crippen LogP contribution in [0.5, 0.6) is 11.5 Å². The van der Waals surface area contributed by atoms with Gasteiger partial charge in [0.2, 0.25) is 0 Å². The van der Waals surface area contributed by atoms with Gasteiger partial charge in [0.05, 0.1) is 25.0 Å². The molecule has 9 heteroatoms. The average molecular weight is 434 g/mol. The molecule has 1 spiro atoms. The molecule has 0 saturated carbocycles. The van der Waals surface area contributed by atoms with Crippen LogP contribution in [0.2, 0.25) is 0 Å². The van der Waals surface area contributed by atoms with Crippen LogP contribution in [-0.4, -0.2) is 78.2 Å². The lowest BCUT2D eigenvalue weighted by atomic mass is 9.69. The fourth-order valence-corrected chi connectivity index (χ4v) is 4.56. The molecular formula is C22H30N2O7. The Kier molecular flexibility index (Phi) is 6.88. The molecule has 1 aromatic rings. The fraction of sp³-hybridized carbons (Fsp3) is 0.545. The third kappa shape index (κ3) is 4.53. The van der Waals surface area contributed by atoms with Crippen molar-refractivity contribution in [2.75, 3.05) is 27.7 Å². The highest BCUT2D eigenvalue weighted by Gasteiger charge is 2.52. The lowest BCUT2D eigenvalue weighted by Gasteiger charge is -2.35. The number of carboxylic acids is 2. The van der Waals surface area contributed by atoms with Crippen LogP contribution in [0.15, 0.2) is 24.3 Å².